The Balaban J connectivity index is 1.41. The lowest BCUT2D eigenvalue weighted by molar-refractivity contribution is 0.355. The summed E-state index contributed by atoms with van der Waals surface area (Å²) in [6.07, 6.45) is 14.2. The fourth-order valence-corrected chi connectivity index (χ4v) is 3.17. The molecule has 0 aliphatic heterocycles. The quantitative estimate of drug-likeness (QED) is 0.412. The van der Waals surface area contributed by atoms with Gasteiger partial charge in [-0.05, 0) is 42.2 Å². The number of nitrogens with one attached hydrogen (secondary N) is 1. The Bertz CT molecular complexity index is 1040. The normalized spacial score (nSPS) is 13.3. The number of hydrogen-bond donors (Lipinski definition) is 1. The maximum atomic E-state index is 5.91. The van der Waals surface area contributed by atoms with Crippen molar-refractivity contribution in [1.82, 2.24) is 4.98 Å². The molecule has 4 rings (SSSR count). The smallest absolute Gasteiger partial charge is 0.121 e. The summed E-state index contributed by atoms with van der Waals surface area (Å²) >= 11 is 0. The Morgan fingerprint density at radius 1 is 1.03 bits per heavy atom. The first-order valence-electron chi connectivity index (χ1n) is 9.75. The van der Waals surface area contributed by atoms with Gasteiger partial charge < -0.3 is 4.74 Å². The molecule has 0 saturated carbocycles. The topological polar surface area (TPSA) is 46.5 Å². The molecular weight excluding hydrogens is 358 g/mol. The van der Waals surface area contributed by atoms with E-state index in [9.17, 15) is 0 Å². The van der Waals surface area contributed by atoms with E-state index < -0.39 is 0 Å². The predicted molar refractivity (Wildman–Crippen MR) is 119 cm³/mol. The second kappa shape index (κ2) is 9.51. The molecule has 0 fully saturated rings. The predicted octanol–water partition coefficient (Wildman–Crippen LogP) is 5.85. The Labute approximate surface area is 171 Å². The van der Waals surface area contributed by atoms with Crippen LogP contribution in [0.1, 0.15) is 18.4 Å². The van der Waals surface area contributed by atoms with Gasteiger partial charge in [-0.2, -0.15) is 5.10 Å². The molecule has 1 aromatic heterocycles. The molecule has 0 spiro atoms. The van der Waals surface area contributed by atoms with Crippen molar-refractivity contribution < 1.29 is 4.74 Å². The summed E-state index contributed by atoms with van der Waals surface area (Å²) < 4.78 is 5.91. The molecule has 3 aromatic rings. The van der Waals surface area contributed by atoms with Crippen molar-refractivity contribution in [3.63, 3.8) is 0 Å². The molecular formula is C25H23N3O. The van der Waals surface area contributed by atoms with Crippen LogP contribution in [0.4, 0.5) is 5.69 Å². The van der Waals surface area contributed by atoms with E-state index in [0.717, 1.165) is 41.0 Å². The van der Waals surface area contributed by atoms with Crippen LogP contribution in [0.3, 0.4) is 0 Å². The van der Waals surface area contributed by atoms with Crippen LogP contribution in [-0.4, -0.2) is 17.8 Å². The van der Waals surface area contributed by atoms with Crippen LogP contribution < -0.4 is 10.2 Å². The molecule has 0 amide bonds. The van der Waals surface area contributed by atoms with Crippen molar-refractivity contribution in [2.24, 2.45) is 5.10 Å². The minimum Gasteiger partial charge on any atom is -0.489 e. The highest BCUT2D eigenvalue weighted by Gasteiger charge is 2.03. The van der Waals surface area contributed by atoms with Crippen LogP contribution in [0.5, 0.6) is 5.75 Å². The monoisotopic (exact) mass is 381 g/mol. The van der Waals surface area contributed by atoms with Gasteiger partial charge in [0.25, 0.3) is 0 Å². The first-order valence-corrected chi connectivity index (χ1v) is 9.75. The largest absolute Gasteiger partial charge is 0.489 e. The average Bonchev–Trinajstić information content (AvgIpc) is 2.80. The molecule has 0 saturated heterocycles. The summed E-state index contributed by atoms with van der Waals surface area (Å²) in [5.74, 6) is 0.820. The number of nitrogens with zero attached hydrogens (tertiary/aromatic N) is 2. The van der Waals surface area contributed by atoms with Crippen LogP contribution in [0.2, 0.25) is 0 Å². The summed E-state index contributed by atoms with van der Waals surface area (Å²) in [5, 5.41) is 4.42. The molecule has 0 unspecified atom stereocenters. The molecule has 1 aliphatic rings. The van der Waals surface area contributed by atoms with Gasteiger partial charge in [0.2, 0.25) is 0 Å². The summed E-state index contributed by atoms with van der Waals surface area (Å²) in [4.78, 5) is 4.21. The van der Waals surface area contributed by atoms with Gasteiger partial charge in [0.1, 0.15) is 12.4 Å². The molecule has 2 aromatic carbocycles. The summed E-state index contributed by atoms with van der Waals surface area (Å²) in [5.41, 5.74) is 8.38. The molecule has 29 heavy (non-hydrogen) atoms. The van der Waals surface area contributed by atoms with Gasteiger partial charge in [-0.1, -0.05) is 54.6 Å². The standard InChI is InChI=1S/C25H23N3O/c1-2-8-20(9-3-1)19-29-24-13-6-12-23(16-24)28-27-18-22-10-4-5-14-25(22)21-11-7-15-26-17-21/h2,4-18,28H,1,3,19H2/b27-18+. The third-order valence-electron chi connectivity index (χ3n) is 4.64. The number of rotatable bonds is 7. The lowest BCUT2D eigenvalue weighted by atomic mass is 10.0. The van der Waals surface area contributed by atoms with Gasteiger partial charge in [-0.3, -0.25) is 10.4 Å². The third kappa shape index (κ3) is 5.20. The summed E-state index contributed by atoms with van der Waals surface area (Å²) in [6, 6.07) is 20.0. The Morgan fingerprint density at radius 2 is 2.00 bits per heavy atom. The number of aromatic nitrogens is 1. The lowest BCUT2D eigenvalue weighted by Gasteiger charge is -2.10. The molecule has 0 radical (unpaired) electrons. The molecule has 1 N–H and O–H groups in total. The van der Waals surface area contributed by atoms with E-state index in [4.69, 9.17) is 4.74 Å². The third-order valence-corrected chi connectivity index (χ3v) is 4.64. The minimum absolute atomic E-state index is 0.585. The maximum Gasteiger partial charge on any atom is 0.121 e. The zero-order valence-corrected chi connectivity index (χ0v) is 16.2. The van der Waals surface area contributed by atoms with E-state index in [-0.39, 0.29) is 0 Å². The van der Waals surface area contributed by atoms with E-state index in [1.165, 1.54) is 5.57 Å². The Hall–Kier alpha value is -3.66. The molecule has 1 aliphatic carbocycles. The molecule has 144 valence electrons. The fraction of sp³-hybridized carbons (Fsp3) is 0.120. The SMILES string of the molecule is C1=CC(COc2cccc(N/N=C/c3ccccc3-c3cccnc3)c2)=CCC1. The zero-order valence-electron chi connectivity index (χ0n) is 16.2. The van der Waals surface area contributed by atoms with Gasteiger partial charge in [0.05, 0.1) is 11.9 Å². The molecule has 4 nitrogen and oxygen atoms in total. The van der Waals surface area contributed by atoms with Crippen molar-refractivity contribution in [3.05, 3.63) is 102 Å². The van der Waals surface area contributed by atoms with Gasteiger partial charge in [0.15, 0.2) is 0 Å². The van der Waals surface area contributed by atoms with Gasteiger partial charge in [0, 0.05) is 29.6 Å². The Morgan fingerprint density at radius 3 is 2.86 bits per heavy atom. The highest BCUT2D eigenvalue weighted by Crippen LogP contribution is 2.22. The fourth-order valence-electron chi connectivity index (χ4n) is 3.17. The average molecular weight is 381 g/mol. The van der Waals surface area contributed by atoms with E-state index >= 15 is 0 Å². The van der Waals surface area contributed by atoms with E-state index in [1.54, 1.807) is 6.20 Å². The number of allylic oxidation sites excluding steroid dienone is 2. The summed E-state index contributed by atoms with van der Waals surface area (Å²) in [6.45, 7) is 0.585. The van der Waals surface area contributed by atoms with Gasteiger partial charge in [-0.15, -0.1) is 0 Å². The van der Waals surface area contributed by atoms with Crippen LogP contribution >= 0.6 is 0 Å². The highest BCUT2D eigenvalue weighted by molar-refractivity contribution is 5.90. The number of anilines is 1. The van der Waals surface area contributed by atoms with Crippen molar-refractivity contribution in [2.45, 2.75) is 12.8 Å². The second-order valence-electron chi connectivity index (χ2n) is 6.77. The number of hydrogen-bond acceptors (Lipinski definition) is 4. The van der Waals surface area contributed by atoms with Crippen molar-refractivity contribution in [2.75, 3.05) is 12.0 Å². The molecule has 0 atom stereocenters. The lowest BCUT2D eigenvalue weighted by Crippen LogP contribution is -2.01. The molecule has 4 heteroatoms. The van der Waals surface area contributed by atoms with E-state index in [0.29, 0.717) is 6.61 Å². The zero-order chi connectivity index (χ0) is 19.7. The number of benzene rings is 2. The van der Waals surface area contributed by atoms with Gasteiger partial charge in [-0.25, -0.2) is 0 Å². The van der Waals surface area contributed by atoms with Crippen LogP contribution in [0.25, 0.3) is 11.1 Å². The van der Waals surface area contributed by atoms with Gasteiger partial charge >= 0.3 is 0 Å². The molecule has 0 bridgehead atoms. The summed E-state index contributed by atoms with van der Waals surface area (Å²) in [7, 11) is 0. The number of hydrazone groups is 1. The number of ether oxygens (including phenoxy) is 1. The maximum absolute atomic E-state index is 5.91. The van der Waals surface area contributed by atoms with Crippen LogP contribution in [0.15, 0.2) is 102 Å². The van der Waals surface area contributed by atoms with Crippen LogP contribution in [0, 0.1) is 0 Å². The van der Waals surface area contributed by atoms with Crippen molar-refractivity contribution in [1.29, 1.82) is 0 Å². The molecule has 1 heterocycles. The first kappa shape index (κ1) is 18.7. The highest BCUT2D eigenvalue weighted by atomic mass is 16.5. The van der Waals surface area contributed by atoms with Crippen LogP contribution in [-0.2, 0) is 0 Å². The van der Waals surface area contributed by atoms with E-state index in [1.807, 2.05) is 67.0 Å². The van der Waals surface area contributed by atoms with E-state index in [2.05, 4.69) is 39.8 Å². The minimum atomic E-state index is 0.585. The van der Waals surface area contributed by atoms with Crippen molar-refractivity contribution >= 4 is 11.9 Å². The second-order valence-corrected chi connectivity index (χ2v) is 6.77. The van der Waals surface area contributed by atoms with Crippen molar-refractivity contribution in [3.8, 4) is 16.9 Å². The Kier molecular flexibility index (Phi) is 6.13. The number of pyridine rings is 1. The first-order chi connectivity index (χ1) is 14.4.